The summed E-state index contributed by atoms with van der Waals surface area (Å²) in [5.41, 5.74) is 1.55. The highest BCUT2D eigenvalue weighted by atomic mass is 32.2. The number of Topliss-reactive ketones (excluding diaryl/α,β-unsaturated/α-hetero) is 1. The number of ketones is 1. The molecule has 0 spiro atoms. The van der Waals surface area contributed by atoms with Crippen LogP contribution < -0.4 is 23.8 Å². The third-order valence-corrected chi connectivity index (χ3v) is 9.80. The van der Waals surface area contributed by atoms with Gasteiger partial charge in [-0.05, 0) is 72.9 Å². The molecule has 10 nitrogen and oxygen atoms in total. The average molecular weight is 692 g/mol. The molecule has 0 bridgehead atoms. The fourth-order valence-corrected chi connectivity index (χ4v) is 7.09. The Labute approximate surface area is 285 Å². The Balaban J connectivity index is 1.40. The predicted octanol–water partition coefficient (Wildman–Crippen LogP) is 7.19. The fourth-order valence-electron chi connectivity index (χ4n) is 5.26. The molecule has 1 amide bonds. The molecule has 4 aromatic rings. The zero-order valence-electron chi connectivity index (χ0n) is 26.6. The van der Waals surface area contributed by atoms with Crippen LogP contribution in [0.3, 0.4) is 0 Å². The Morgan fingerprint density at radius 3 is 2.54 bits per heavy atom. The predicted molar refractivity (Wildman–Crippen MR) is 181 cm³/mol. The maximum Gasteiger partial charge on any atom is 0.301 e. The lowest BCUT2D eigenvalue weighted by Crippen LogP contribution is -2.29. The number of nitrogens with zero attached hydrogens (tertiary/aromatic N) is 3. The van der Waals surface area contributed by atoms with Crippen molar-refractivity contribution in [2.24, 2.45) is 5.92 Å². The van der Waals surface area contributed by atoms with Gasteiger partial charge in [0.2, 0.25) is 5.13 Å². The van der Waals surface area contributed by atoms with Gasteiger partial charge in [-0.15, -0.1) is 10.2 Å². The lowest BCUT2D eigenvalue weighted by molar-refractivity contribution is -0.132. The second-order valence-electron chi connectivity index (χ2n) is 11.5. The van der Waals surface area contributed by atoms with Gasteiger partial charge in [0.1, 0.15) is 24.8 Å². The Morgan fingerprint density at radius 1 is 1.02 bits per heavy atom. The first kappa shape index (κ1) is 33.3. The number of anilines is 1. The van der Waals surface area contributed by atoms with Gasteiger partial charge in [-0.25, -0.2) is 4.39 Å². The minimum Gasteiger partial charge on any atom is -0.507 e. The summed E-state index contributed by atoms with van der Waals surface area (Å²) in [4.78, 5) is 28.9. The van der Waals surface area contributed by atoms with Gasteiger partial charge in [0.25, 0.3) is 5.78 Å². The summed E-state index contributed by atoms with van der Waals surface area (Å²) in [6.07, 6.45) is 0.849. The van der Waals surface area contributed by atoms with Crippen molar-refractivity contribution >= 4 is 45.7 Å². The number of aromatic nitrogens is 2. The molecule has 1 N–H and O–H groups in total. The number of benzene rings is 3. The molecule has 1 aromatic heterocycles. The van der Waals surface area contributed by atoms with Crippen LogP contribution in [0.5, 0.6) is 23.0 Å². The summed E-state index contributed by atoms with van der Waals surface area (Å²) in [7, 11) is 0. The summed E-state index contributed by atoms with van der Waals surface area (Å²) < 4.78 is 37.2. The van der Waals surface area contributed by atoms with E-state index < -0.39 is 17.7 Å². The van der Waals surface area contributed by atoms with E-state index in [1.165, 1.54) is 28.8 Å². The molecule has 3 aromatic carbocycles. The number of carbonyl (C=O) groups excluding carboxylic acids is 2. The summed E-state index contributed by atoms with van der Waals surface area (Å²) in [6, 6.07) is 15.2. The summed E-state index contributed by atoms with van der Waals surface area (Å²) in [5, 5.41) is 20.4. The number of aliphatic hydroxyl groups is 1. The Bertz CT molecular complexity index is 1840. The van der Waals surface area contributed by atoms with Crippen LogP contribution in [0.25, 0.3) is 5.76 Å². The molecule has 13 heteroatoms. The summed E-state index contributed by atoms with van der Waals surface area (Å²) in [6.45, 7) is 7.66. The standard InChI is InChI=1S/C35H34FN3O7S2/c1-4-43-27-17-22(7-11-25(27)44-14-13-20(2)3)30-29(31(40)23-8-12-26-28(18-23)46-16-15-45-26)32(41)33(42)39(30)34-37-38-35(48-34)47-19-21-5-9-24(36)10-6-21/h5-12,17-18,20,30,40H,4,13-16,19H2,1-3H3/b31-29-. The highest BCUT2D eigenvalue weighted by Crippen LogP contribution is 2.46. The third-order valence-electron chi connectivity index (χ3n) is 7.67. The first-order chi connectivity index (χ1) is 23.2. The van der Waals surface area contributed by atoms with Gasteiger partial charge in [0, 0.05) is 11.3 Å². The molecule has 1 fully saturated rings. The van der Waals surface area contributed by atoms with Crippen molar-refractivity contribution in [1.82, 2.24) is 10.2 Å². The van der Waals surface area contributed by atoms with E-state index in [0.717, 1.165) is 23.3 Å². The molecule has 6 rings (SSSR count). The highest BCUT2D eigenvalue weighted by molar-refractivity contribution is 8.00. The van der Waals surface area contributed by atoms with Crippen molar-refractivity contribution in [3.05, 3.63) is 88.7 Å². The highest BCUT2D eigenvalue weighted by Gasteiger charge is 2.48. The van der Waals surface area contributed by atoms with Crippen molar-refractivity contribution in [2.45, 2.75) is 43.3 Å². The van der Waals surface area contributed by atoms with Gasteiger partial charge in [0.05, 0.1) is 24.8 Å². The van der Waals surface area contributed by atoms with Crippen molar-refractivity contribution in [3.63, 3.8) is 0 Å². The minimum atomic E-state index is -1.06. The Morgan fingerprint density at radius 2 is 1.79 bits per heavy atom. The van der Waals surface area contributed by atoms with Gasteiger partial charge < -0.3 is 24.1 Å². The lowest BCUT2D eigenvalue weighted by Gasteiger charge is -2.24. The first-order valence-electron chi connectivity index (χ1n) is 15.5. The summed E-state index contributed by atoms with van der Waals surface area (Å²) >= 11 is 2.51. The monoisotopic (exact) mass is 691 g/mol. The van der Waals surface area contributed by atoms with E-state index in [9.17, 15) is 19.1 Å². The molecule has 2 aliphatic heterocycles. The van der Waals surface area contributed by atoms with Crippen LogP contribution in [0.2, 0.25) is 0 Å². The van der Waals surface area contributed by atoms with Crippen LogP contribution in [0.1, 0.15) is 49.9 Å². The van der Waals surface area contributed by atoms with Crippen molar-refractivity contribution in [1.29, 1.82) is 0 Å². The normalized spacial score (nSPS) is 16.9. The number of rotatable bonds is 12. The topological polar surface area (TPSA) is 120 Å². The molecule has 1 saturated heterocycles. The number of hydrogen-bond acceptors (Lipinski definition) is 11. The zero-order chi connectivity index (χ0) is 33.8. The maximum absolute atomic E-state index is 13.8. The Kier molecular flexibility index (Phi) is 10.2. The van der Waals surface area contributed by atoms with Crippen LogP contribution >= 0.6 is 23.1 Å². The van der Waals surface area contributed by atoms with Gasteiger partial charge in [-0.3, -0.25) is 14.5 Å². The lowest BCUT2D eigenvalue weighted by atomic mass is 9.95. The zero-order valence-corrected chi connectivity index (χ0v) is 28.2. The van der Waals surface area contributed by atoms with E-state index >= 15 is 0 Å². The number of hydrogen-bond donors (Lipinski definition) is 1. The molecular formula is C35H34FN3O7S2. The Hall–Kier alpha value is -4.62. The number of aliphatic hydroxyl groups excluding tert-OH is 1. The van der Waals surface area contributed by atoms with E-state index in [4.69, 9.17) is 18.9 Å². The number of fused-ring (bicyclic) bond motifs is 1. The van der Waals surface area contributed by atoms with Crippen LogP contribution in [-0.4, -0.2) is 53.4 Å². The van der Waals surface area contributed by atoms with Crippen molar-refractivity contribution < 1.29 is 38.0 Å². The molecule has 0 aliphatic carbocycles. The molecule has 48 heavy (non-hydrogen) atoms. The van der Waals surface area contributed by atoms with E-state index in [1.54, 1.807) is 48.5 Å². The largest absolute Gasteiger partial charge is 0.507 e. The number of ether oxygens (including phenoxy) is 4. The van der Waals surface area contributed by atoms with E-state index in [-0.39, 0.29) is 27.8 Å². The van der Waals surface area contributed by atoms with E-state index in [2.05, 4.69) is 24.0 Å². The van der Waals surface area contributed by atoms with Crippen molar-refractivity contribution in [3.8, 4) is 23.0 Å². The number of halogens is 1. The first-order valence-corrected chi connectivity index (χ1v) is 17.3. The van der Waals surface area contributed by atoms with Crippen LogP contribution in [0.15, 0.2) is 70.6 Å². The molecule has 1 atom stereocenters. The maximum atomic E-state index is 13.8. The number of amides is 1. The van der Waals surface area contributed by atoms with Gasteiger partial charge >= 0.3 is 5.91 Å². The van der Waals surface area contributed by atoms with Crippen LogP contribution in [-0.2, 0) is 15.3 Å². The molecule has 0 saturated carbocycles. The number of thioether (sulfide) groups is 1. The quantitative estimate of drug-likeness (QED) is 0.0537. The molecular weight excluding hydrogens is 658 g/mol. The SMILES string of the molecule is CCOc1cc(C2/C(=C(/O)c3ccc4c(c3)OCCO4)C(=O)C(=O)N2c2nnc(SCc3ccc(F)cc3)s2)ccc1OCCC(C)C. The fraction of sp³-hybridized carbons (Fsp3) is 0.314. The second kappa shape index (κ2) is 14.7. The molecule has 2 aliphatic rings. The van der Waals surface area contributed by atoms with Gasteiger partial charge in [-0.2, -0.15) is 0 Å². The minimum absolute atomic E-state index is 0.122. The molecule has 1 unspecified atom stereocenters. The van der Waals surface area contributed by atoms with Gasteiger partial charge in [0.15, 0.2) is 27.3 Å². The third kappa shape index (κ3) is 7.12. The van der Waals surface area contributed by atoms with Gasteiger partial charge in [-0.1, -0.05) is 55.1 Å². The smallest absolute Gasteiger partial charge is 0.301 e. The van der Waals surface area contributed by atoms with Crippen LogP contribution in [0.4, 0.5) is 9.52 Å². The summed E-state index contributed by atoms with van der Waals surface area (Å²) in [5.74, 6) is 0.423. The van der Waals surface area contributed by atoms with Crippen LogP contribution in [0, 0.1) is 11.7 Å². The molecule has 0 radical (unpaired) electrons. The van der Waals surface area contributed by atoms with E-state index in [0.29, 0.717) is 71.0 Å². The average Bonchev–Trinajstić information content (AvgIpc) is 3.66. The van der Waals surface area contributed by atoms with Crippen molar-refractivity contribution in [2.75, 3.05) is 31.3 Å². The number of carbonyl (C=O) groups is 2. The molecule has 3 heterocycles. The molecule has 250 valence electrons. The second-order valence-corrected chi connectivity index (χ2v) is 13.6. The van der Waals surface area contributed by atoms with E-state index in [1.807, 2.05) is 6.92 Å².